The fourth-order valence-electron chi connectivity index (χ4n) is 3.00. The second-order valence-electron chi connectivity index (χ2n) is 6.47. The molecule has 0 atom stereocenters. The van der Waals surface area contributed by atoms with Crippen LogP contribution in [0.15, 0.2) is 29.1 Å². The van der Waals surface area contributed by atoms with Crippen molar-refractivity contribution in [2.24, 2.45) is 0 Å². The summed E-state index contributed by atoms with van der Waals surface area (Å²) in [6, 6.07) is 7.63. The van der Waals surface area contributed by atoms with Crippen molar-refractivity contribution in [2.45, 2.75) is 26.7 Å². The first-order chi connectivity index (χ1) is 12.5. The van der Waals surface area contributed by atoms with E-state index >= 15 is 0 Å². The second kappa shape index (κ2) is 8.14. The Morgan fingerprint density at radius 2 is 2.08 bits per heavy atom. The van der Waals surface area contributed by atoms with Crippen molar-refractivity contribution in [2.75, 3.05) is 36.5 Å². The summed E-state index contributed by atoms with van der Waals surface area (Å²) in [4.78, 5) is 34.0. The molecule has 1 aromatic heterocycles. The van der Waals surface area contributed by atoms with Gasteiger partial charge < -0.3 is 15.0 Å². The third-order valence-corrected chi connectivity index (χ3v) is 4.42. The third-order valence-electron chi connectivity index (χ3n) is 4.42. The van der Waals surface area contributed by atoms with E-state index in [1.54, 1.807) is 0 Å². The summed E-state index contributed by atoms with van der Waals surface area (Å²) in [5, 5.41) is 2.86. The number of carbonyl (C=O) groups excluding carboxylic acids is 1. The van der Waals surface area contributed by atoms with Crippen molar-refractivity contribution in [3.8, 4) is 0 Å². The van der Waals surface area contributed by atoms with Crippen LogP contribution in [-0.2, 0) is 16.0 Å². The zero-order valence-electron chi connectivity index (χ0n) is 15.2. The summed E-state index contributed by atoms with van der Waals surface area (Å²) in [6.07, 6.45) is 0.589. The van der Waals surface area contributed by atoms with Gasteiger partial charge in [-0.2, -0.15) is 0 Å². The standard InChI is InChI=1S/C19H24N4O3/c1-13-4-3-5-15(12-13)21-17(24)7-6-16-14(2)20-19(22-18(16)25)23-8-10-26-11-9-23/h3-5,12H,6-11H2,1-2H3,(H,21,24)(H,20,22,25). The van der Waals surface area contributed by atoms with Gasteiger partial charge in [0.15, 0.2) is 0 Å². The molecule has 7 heteroatoms. The van der Waals surface area contributed by atoms with E-state index in [-0.39, 0.29) is 17.9 Å². The Labute approximate surface area is 152 Å². The Hall–Kier alpha value is -2.67. The van der Waals surface area contributed by atoms with Gasteiger partial charge >= 0.3 is 0 Å². The quantitative estimate of drug-likeness (QED) is 0.853. The lowest BCUT2D eigenvalue weighted by Crippen LogP contribution is -2.38. The van der Waals surface area contributed by atoms with Crippen LogP contribution in [0.3, 0.4) is 0 Å². The molecular formula is C19H24N4O3. The number of benzene rings is 1. The Kier molecular flexibility index (Phi) is 5.68. The predicted molar refractivity (Wildman–Crippen MR) is 101 cm³/mol. The Morgan fingerprint density at radius 3 is 2.77 bits per heavy atom. The van der Waals surface area contributed by atoms with Crippen molar-refractivity contribution < 1.29 is 9.53 Å². The zero-order chi connectivity index (χ0) is 18.5. The van der Waals surface area contributed by atoms with Gasteiger partial charge in [-0.15, -0.1) is 0 Å². The summed E-state index contributed by atoms with van der Waals surface area (Å²) in [7, 11) is 0. The number of morpholine rings is 1. The number of hydrogen-bond donors (Lipinski definition) is 2. The molecule has 26 heavy (non-hydrogen) atoms. The van der Waals surface area contributed by atoms with Crippen molar-refractivity contribution >= 4 is 17.5 Å². The van der Waals surface area contributed by atoms with Gasteiger partial charge in [0.2, 0.25) is 11.9 Å². The third kappa shape index (κ3) is 4.49. The van der Waals surface area contributed by atoms with E-state index in [0.29, 0.717) is 49.9 Å². The van der Waals surface area contributed by atoms with E-state index in [4.69, 9.17) is 4.74 Å². The molecule has 0 aliphatic carbocycles. The van der Waals surface area contributed by atoms with E-state index in [2.05, 4.69) is 15.3 Å². The molecule has 1 fully saturated rings. The van der Waals surface area contributed by atoms with Gasteiger partial charge in [0.05, 0.1) is 13.2 Å². The maximum atomic E-state index is 12.4. The molecule has 3 rings (SSSR count). The fraction of sp³-hybridized carbons (Fsp3) is 0.421. The highest BCUT2D eigenvalue weighted by molar-refractivity contribution is 5.90. The van der Waals surface area contributed by atoms with Gasteiger partial charge in [-0.3, -0.25) is 14.6 Å². The van der Waals surface area contributed by atoms with Gasteiger partial charge in [-0.1, -0.05) is 12.1 Å². The summed E-state index contributed by atoms with van der Waals surface area (Å²) in [6.45, 7) is 6.46. The first-order valence-corrected chi connectivity index (χ1v) is 8.82. The zero-order valence-corrected chi connectivity index (χ0v) is 15.2. The van der Waals surface area contributed by atoms with Gasteiger partial charge in [-0.25, -0.2) is 4.98 Å². The summed E-state index contributed by atoms with van der Waals surface area (Å²) < 4.78 is 5.32. The van der Waals surface area contributed by atoms with Gasteiger partial charge in [-0.05, 0) is 38.0 Å². The Balaban J connectivity index is 1.64. The molecule has 1 aliphatic rings. The predicted octanol–water partition coefficient (Wildman–Crippen LogP) is 1.79. The monoisotopic (exact) mass is 356 g/mol. The minimum absolute atomic E-state index is 0.119. The molecule has 2 aromatic rings. The van der Waals surface area contributed by atoms with E-state index in [1.165, 1.54) is 0 Å². The largest absolute Gasteiger partial charge is 0.378 e. The van der Waals surface area contributed by atoms with Crippen LogP contribution in [0.2, 0.25) is 0 Å². The highest BCUT2D eigenvalue weighted by atomic mass is 16.5. The molecule has 1 aromatic carbocycles. The first-order valence-electron chi connectivity index (χ1n) is 8.82. The molecular weight excluding hydrogens is 332 g/mol. The number of carbonyl (C=O) groups is 1. The maximum Gasteiger partial charge on any atom is 0.255 e. The van der Waals surface area contributed by atoms with Crippen LogP contribution >= 0.6 is 0 Å². The summed E-state index contributed by atoms with van der Waals surface area (Å²) in [5.41, 5.74) is 2.89. The van der Waals surface area contributed by atoms with Gasteiger partial charge in [0, 0.05) is 36.5 Å². The first kappa shape index (κ1) is 18.1. The van der Waals surface area contributed by atoms with Crippen molar-refractivity contribution in [3.63, 3.8) is 0 Å². The SMILES string of the molecule is Cc1cccc(NC(=O)CCc2c(C)nc(N3CCOCC3)[nH]c2=O)c1. The minimum Gasteiger partial charge on any atom is -0.378 e. The minimum atomic E-state index is -0.178. The number of hydrogen-bond acceptors (Lipinski definition) is 5. The molecule has 1 amide bonds. The number of nitrogens with one attached hydrogen (secondary N) is 2. The molecule has 1 aliphatic heterocycles. The summed E-state index contributed by atoms with van der Waals surface area (Å²) in [5.74, 6) is 0.454. The van der Waals surface area contributed by atoms with Crippen LogP contribution in [-0.4, -0.2) is 42.2 Å². The number of aromatic amines is 1. The van der Waals surface area contributed by atoms with E-state index in [9.17, 15) is 9.59 Å². The molecule has 0 bridgehead atoms. The number of ether oxygens (including phenoxy) is 1. The number of aromatic nitrogens is 2. The van der Waals surface area contributed by atoms with E-state index in [0.717, 1.165) is 11.3 Å². The van der Waals surface area contributed by atoms with Crippen molar-refractivity contribution in [1.29, 1.82) is 0 Å². The van der Waals surface area contributed by atoms with Crippen molar-refractivity contribution in [1.82, 2.24) is 9.97 Å². The fourth-order valence-corrected chi connectivity index (χ4v) is 3.00. The van der Waals surface area contributed by atoms with Crippen molar-refractivity contribution in [3.05, 3.63) is 51.4 Å². The molecule has 2 heterocycles. The molecule has 0 saturated carbocycles. The molecule has 0 unspecified atom stereocenters. The van der Waals surface area contributed by atoms with Crippen LogP contribution in [0.5, 0.6) is 0 Å². The number of amides is 1. The lowest BCUT2D eigenvalue weighted by atomic mass is 10.1. The normalized spacial score (nSPS) is 14.3. The van der Waals surface area contributed by atoms with E-state index in [1.807, 2.05) is 43.0 Å². The van der Waals surface area contributed by atoms with Crippen LogP contribution < -0.4 is 15.8 Å². The number of nitrogens with zero attached hydrogens (tertiary/aromatic N) is 2. The van der Waals surface area contributed by atoms with Crippen LogP contribution in [0.4, 0.5) is 11.6 Å². The Morgan fingerprint density at radius 1 is 1.31 bits per heavy atom. The molecule has 7 nitrogen and oxygen atoms in total. The molecule has 0 radical (unpaired) electrons. The van der Waals surface area contributed by atoms with Crippen LogP contribution in [0, 0.1) is 13.8 Å². The average Bonchev–Trinajstić information content (AvgIpc) is 2.61. The molecule has 0 spiro atoms. The molecule has 138 valence electrons. The maximum absolute atomic E-state index is 12.4. The molecule has 2 N–H and O–H groups in total. The molecule has 1 saturated heterocycles. The number of rotatable bonds is 5. The number of aryl methyl sites for hydroxylation is 2. The highest BCUT2D eigenvalue weighted by Gasteiger charge is 2.16. The topological polar surface area (TPSA) is 87.3 Å². The van der Waals surface area contributed by atoms with Crippen LogP contribution in [0.25, 0.3) is 0 Å². The second-order valence-corrected chi connectivity index (χ2v) is 6.47. The lowest BCUT2D eigenvalue weighted by Gasteiger charge is -2.27. The summed E-state index contributed by atoms with van der Waals surface area (Å²) >= 11 is 0. The van der Waals surface area contributed by atoms with Gasteiger partial charge in [0.25, 0.3) is 5.56 Å². The average molecular weight is 356 g/mol. The van der Waals surface area contributed by atoms with E-state index < -0.39 is 0 Å². The smallest absolute Gasteiger partial charge is 0.255 e. The highest BCUT2D eigenvalue weighted by Crippen LogP contribution is 2.13. The number of anilines is 2. The Bertz CT molecular complexity index is 841. The van der Waals surface area contributed by atoms with Crippen LogP contribution in [0.1, 0.15) is 23.2 Å². The number of H-pyrrole nitrogens is 1. The van der Waals surface area contributed by atoms with Gasteiger partial charge in [0.1, 0.15) is 0 Å². The lowest BCUT2D eigenvalue weighted by molar-refractivity contribution is -0.116.